The number of rotatable bonds is 7. The van der Waals surface area contributed by atoms with Crippen molar-refractivity contribution in [2.24, 2.45) is 0 Å². The van der Waals surface area contributed by atoms with Crippen molar-refractivity contribution in [3.8, 4) is 16.9 Å². The van der Waals surface area contributed by atoms with Gasteiger partial charge in [-0.05, 0) is 41.5 Å². The van der Waals surface area contributed by atoms with Crippen molar-refractivity contribution in [3.63, 3.8) is 0 Å². The molecule has 0 unspecified atom stereocenters. The third-order valence-corrected chi connectivity index (χ3v) is 7.19. The second kappa shape index (κ2) is 9.40. The summed E-state index contributed by atoms with van der Waals surface area (Å²) < 4.78 is 45.0. The number of sulfonamides is 1. The topological polar surface area (TPSA) is 85.5 Å². The minimum Gasteiger partial charge on any atom is -0.489 e. The number of anilines is 1. The van der Waals surface area contributed by atoms with Crippen molar-refractivity contribution in [2.75, 3.05) is 26.4 Å². The number of hydrogen-bond acceptors (Lipinski definition) is 5. The standard InChI is InChI=1S/C21H20Cl2FN3O3S/c1-27(2)31(28,29)15-5-3-13(4-6-15)14-11-19(21(25)26-12-14)30-10-9-16-17(22)7-8-18(24)20(16)23/h3-8,11-12H,9-10H2,1-2H3,(H2,25,26). The van der Waals surface area contributed by atoms with Gasteiger partial charge in [0.05, 0.1) is 16.5 Å². The van der Waals surface area contributed by atoms with Crippen molar-refractivity contribution in [3.05, 3.63) is 70.1 Å². The molecule has 0 aliphatic rings. The Labute approximate surface area is 190 Å². The molecule has 0 bridgehead atoms. The number of nitrogens with zero attached hydrogens (tertiary/aromatic N) is 2. The highest BCUT2D eigenvalue weighted by atomic mass is 35.5. The van der Waals surface area contributed by atoms with E-state index in [0.29, 0.717) is 21.9 Å². The molecule has 0 aliphatic heterocycles. The van der Waals surface area contributed by atoms with Crippen molar-refractivity contribution in [1.29, 1.82) is 0 Å². The zero-order valence-electron chi connectivity index (χ0n) is 16.8. The molecule has 3 rings (SSSR count). The first kappa shape index (κ1) is 23.3. The Balaban J connectivity index is 1.77. The summed E-state index contributed by atoms with van der Waals surface area (Å²) in [6.07, 6.45) is 1.84. The molecule has 0 atom stereocenters. The Hall–Kier alpha value is -2.39. The molecular weight excluding hydrogens is 464 g/mol. The Bertz CT molecular complexity index is 1200. The fraction of sp³-hybridized carbons (Fsp3) is 0.190. The van der Waals surface area contributed by atoms with Crippen LogP contribution in [0, 0.1) is 5.82 Å². The maximum atomic E-state index is 13.7. The van der Waals surface area contributed by atoms with Gasteiger partial charge in [-0.15, -0.1) is 0 Å². The molecule has 10 heteroatoms. The Morgan fingerprint density at radius 3 is 2.42 bits per heavy atom. The molecule has 3 aromatic rings. The van der Waals surface area contributed by atoms with Crippen LogP contribution >= 0.6 is 23.2 Å². The number of halogens is 3. The van der Waals surface area contributed by atoms with Crippen molar-refractivity contribution >= 4 is 39.0 Å². The molecule has 1 heterocycles. The van der Waals surface area contributed by atoms with E-state index in [1.54, 1.807) is 24.4 Å². The number of nitrogens with two attached hydrogens (primary N) is 1. The molecule has 0 amide bonds. The van der Waals surface area contributed by atoms with Gasteiger partial charge >= 0.3 is 0 Å². The van der Waals surface area contributed by atoms with Crippen LogP contribution in [-0.4, -0.2) is 38.4 Å². The lowest BCUT2D eigenvalue weighted by Gasteiger charge is -2.13. The average molecular weight is 484 g/mol. The van der Waals surface area contributed by atoms with E-state index in [2.05, 4.69) is 4.98 Å². The number of nitrogen functional groups attached to an aromatic ring is 1. The lowest BCUT2D eigenvalue weighted by molar-refractivity contribution is 0.322. The van der Waals surface area contributed by atoms with E-state index in [-0.39, 0.29) is 28.8 Å². The summed E-state index contributed by atoms with van der Waals surface area (Å²) in [6, 6.07) is 10.8. The first-order chi connectivity index (χ1) is 14.6. The van der Waals surface area contributed by atoms with Gasteiger partial charge in [-0.25, -0.2) is 22.1 Å². The first-order valence-corrected chi connectivity index (χ1v) is 11.3. The maximum Gasteiger partial charge on any atom is 0.242 e. The van der Waals surface area contributed by atoms with Gasteiger partial charge in [0.25, 0.3) is 0 Å². The smallest absolute Gasteiger partial charge is 0.242 e. The third kappa shape index (κ3) is 5.10. The van der Waals surface area contributed by atoms with Crippen molar-refractivity contribution in [1.82, 2.24) is 9.29 Å². The molecule has 0 aliphatic carbocycles. The molecule has 1 aromatic heterocycles. The Morgan fingerprint density at radius 1 is 1.10 bits per heavy atom. The van der Waals surface area contributed by atoms with Crippen molar-refractivity contribution < 1.29 is 17.5 Å². The molecule has 0 radical (unpaired) electrons. The van der Waals surface area contributed by atoms with Crippen LogP contribution in [0.25, 0.3) is 11.1 Å². The number of benzene rings is 2. The summed E-state index contributed by atoms with van der Waals surface area (Å²) in [7, 11) is -0.568. The van der Waals surface area contributed by atoms with Crippen LogP contribution < -0.4 is 10.5 Å². The van der Waals surface area contributed by atoms with Gasteiger partial charge in [0, 0.05) is 37.3 Å². The molecular formula is C21H20Cl2FN3O3S. The van der Waals surface area contributed by atoms with Crippen LogP contribution in [0.4, 0.5) is 10.2 Å². The first-order valence-electron chi connectivity index (χ1n) is 9.15. The van der Waals surface area contributed by atoms with E-state index in [1.165, 1.54) is 38.4 Å². The number of aromatic nitrogens is 1. The van der Waals surface area contributed by atoms with Crippen LogP contribution in [0.3, 0.4) is 0 Å². The van der Waals surface area contributed by atoms with Crippen molar-refractivity contribution in [2.45, 2.75) is 11.3 Å². The number of pyridine rings is 1. The number of ether oxygens (including phenoxy) is 1. The van der Waals surface area contributed by atoms with Crippen LogP contribution in [-0.2, 0) is 16.4 Å². The second-order valence-electron chi connectivity index (χ2n) is 6.84. The molecule has 0 fully saturated rings. The molecule has 2 N–H and O–H groups in total. The predicted octanol–water partition coefficient (Wildman–Crippen LogP) is 4.65. The Morgan fingerprint density at radius 2 is 1.77 bits per heavy atom. The predicted molar refractivity (Wildman–Crippen MR) is 121 cm³/mol. The highest BCUT2D eigenvalue weighted by Crippen LogP contribution is 2.30. The zero-order chi connectivity index (χ0) is 22.8. The van der Waals surface area contributed by atoms with E-state index >= 15 is 0 Å². The average Bonchev–Trinajstić information content (AvgIpc) is 2.74. The SMILES string of the molecule is CN(C)S(=O)(=O)c1ccc(-c2cnc(N)c(OCCc3c(Cl)ccc(F)c3Cl)c2)cc1. The second-order valence-corrected chi connectivity index (χ2v) is 9.78. The largest absolute Gasteiger partial charge is 0.489 e. The summed E-state index contributed by atoms with van der Waals surface area (Å²) in [6.45, 7) is 0.151. The minimum absolute atomic E-state index is 0.0382. The van der Waals surface area contributed by atoms with Gasteiger partial charge in [-0.2, -0.15) is 0 Å². The van der Waals surface area contributed by atoms with Crippen LogP contribution in [0.15, 0.2) is 53.6 Å². The van der Waals surface area contributed by atoms with Crippen LogP contribution in [0.5, 0.6) is 5.75 Å². The van der Waals surface area contributed by atoms with E-state index in [0.717, 1.165) is 9.87 Å². The normalized spacial score (nSPS) is 11.7. The molecule has 164 valence electrons. The van der Waals surface area contributed by atoms with Gasteiger partial charge in [-0.1, -0.05) is 35.3 Å². The van der Waals surface area contributed by atoms with E-state index < -0.39 is 15.8 Å². The Kier molecular flexibility index (Phi) is 7.06. The van der Waals surface area contributed by atoms with Gasteiger partial charge in [0.2, 0.25) is 10.0 Å². The maximum absolute atomic E-state index is 13.7. The summed E-state index contributed by atoms with van der Waals surface area (Å²) in [5, 5.41) is 0.311. The van der Waals surface area contributed by atoms with Gasteiger partial charge in [0.15, 0.2) is 11.6 Å². The van der Waals surface area contributed by atoms with E-state index in [4.69, 9.17) is 33.7 Å². The summed E-state index contributed by atoms with van der Waals surface area (Å²) >= 11 is 12.1. The molecule has 0 saturated carbocycles. The highest BCUT2D eigenvalue weighted by molar-refractivity contribution is 7.89. The molecule has 0 saturated heterocycles. The van der Waals surface area contributed by atoms with Crippen LogP contribution in [0.2, 0.25) is 10.0 Å². The molecule has 6 nitrogen and oxygen atoms in total. The fourth-order valence-corrected chi connectivity index (χ4v) is 4.28. The minimum atomic E-state index is -3.51. The molecule has 31 heavy (non-hydrogen) atoms. The van der Waals surface area contributed by atoms with E-state index in [9.17, 15) is 12.8 Å². The zero-order valence-corrected chi connectivity index (χ0v) is 19.1. The molecule has 0 spiro atoms. The monoisotopic (exact) mass is 483 g/mol. The van der Waals surface area contributed by atoms with Gasteiger partial charge in [-0.3, -0.25) is 0 Å². The fourth-order valence-electron chi connectivity index (χ4n) is 2.82. The number of hydrogen-bond donors (Lipinski definition) is 1. The van der Waals surface area contributed by atoms with Gasteiger partial charge in [0.1, 0.15) is 5.82 Å². The molecule has 2 aromatic carbocycles. The summed E-state index contributed by atoms with van der Waals surface area (Å²) in [5.41, 5.74) is 7.80. The summed E-state index contributed by atoms with van der Waals surface area (Å²) in [5.74, 6) is -0.0258. The van der Waals surface area contributed by atoms with Crippen LogP contribution in [0.1, 0.15) is 5.56 Å². The third-order valence-electron chi connectivity index (χ3n) is 4.60. The van der Waals surface area contributed by atoms with E-state index in [1.807, 2.05) is 0 Å². The van der Waals surface area contributed by atoms with Gasteiger partial charge < -0.3 is 10.5 Å². The lowest BCUT2D eigenvalue weighted by Crippen LogP contribution is -2.22. The quantitative estimate of drug-likeness (QED) is 0.494. The highest BCUT2D eigenvalue weighted by Gasteiger charge is 2.17. The lowest BCUT2D eigenvalue weighted by atomic mass is 10.1. The summed E-state index contributed by atoms with van der Waals surface area (Å²) in [4.78, 5) is 4.33.